The van der Waals surface area contributed by atoms with Gasteiger partial charge in [0.1, 0.15) is 0 Å². The van der Waals surface area contributed by atoms with Crippen molar-refractivity contribution in [2.45, 2.75) is 37.6 Å². The summed E-state index contributed by atoms with van der Waals surface area (Å²) in [7, 11) is 2.61. The molecule has 3 aliphatic heterocycles. The number of esters is 2. The smallest absolute Gasteiger partial charge is 0.339 e. The third kappa shape index (κ3) is 5.54. The molecule has 4 atom stereocenters. The minimum Gasteiger partial charge on any atom is -0.493 e. The first kappa shape index (κ1) is 33.9. The lowest BCUT2D eigenvalue weighted by Crippen LogP contribution is -2.46. The van der Waals surface area contributed by atoms with Gasteiger partial charge in [-0.2, -0.15) is 0 Å². The minimum atomic E-state index is -2.60. The Labute approximate surface area is 279 Å². The summed E-state index contributed by atoms with van der Waals surface area (Å²) >= 11 is 0. The normalized spacial score (nSPS) is 21.3. The van der Waals surface area contributed by atoms with Crippen LogP contribution < -0.4 is 39.7 Å². The lowest BCUT2D eigenvalue weighted by Gasteiger charge is -2.27. The number of fused-ring (bicyclic) bond motifs is 2. The van der Waals surface area contributed by atoms with Gasteiger partial charge in [-0.1, -0.05) is 12.0 Å². The summed E-state index contributed by atoms with van der Waals surface area (Å²) in [5.74, 6) is -2.16. The number of benzene rings is 2. The molecule has 1 fully saturated rings. The number of halogens is 1. The number of aliphatic hydroxyl groups excluding tert-OH is 1. The second-order valence-electron chi connectivity index (χ2n) is 10.8. The maximum atomic E-state index is 16.3. The van der Waals surface area contributed by atoms with E-state index in [0.717, 1.165) is 12.3 Å². The molecule has 0 spiro atoms. The Morgan fingerprint density at radius 2 is 1.62 bits per heavy atom. The summed E-state index contributed by atoms with van der Waals surface area (Å²) in [4.78, 5) is 56.6. The van der Waals surface area contributed by atoms with Gasteiger partial charge in [0.15, 0.2) is 41.5 Å². The first-order valence-corrected chi connectivity index (χ1v) is 14.8. The number of carbonyl (C=O) groups is 2. The first-order valence-electron chi connectivity index (χ1n) is 14.8. The maximum Gasteiger partial charge on any atom is 0.339 e. The molecule has 20 heteroatoms. The summed E-state index contributed by atoms with van der Waals surface area (Å²) in [6.07, 6.45) is -5.23. The van der Waals surface area contributed by atoms with Crippen molar-refractivity contribution in [1.82, 2.24) is 9.55 Å². The molecule has 2 N–H and O–H groups in total. The lowest BCUT2D eigenvalue weighted by atomic mass is 9.91. The fourth-order valence-electron chi connectivity index (χ4n) is 5.70. The number of rotatable bonds is 11. The van der Waals surface area contributed by atoms with Crippen LogP contribution in [-0.4, -0.2) is 85.6 Å². The number of hydrogen-bond donors (Lipinski definition) is 2. The first-order chi connectivity index (χ1) is 24.1. The highest BCUT2D eigenvalue weighted by atomic mass is 19.1. The van der Waals surface area contributed by atoms with E-state index >= 15 is 4.39 Å². The zero-order chi connectivity index (χ0) is 35.7. The molecule has 19 nitrogen and oxygen atoms in total. The van der Waals surface area contributed by atoms with Crippen molar-refractivity contribution in [1.29, 1.82) is 0 Å². The van der Waals surface area contributed by atoms with Gasteiger partial charge < -0.3 is 47.7 Å². The van der Waals surface area contributed by atoms with Crippen LogP contribution in [-0.2, 0) is 14.2 Å². The Balaban J connectivity index is 1.54. The van der Waals surface area contributed by atoms with E-state index < -0.39 is 59.6 Å². The third-order valence-electron chi connectivity index (χ3n) is 7.91. The fraction of sp³-hybridized carbons (Fsp3) is 0.400. The number of carbonyl (C=O) groups excluding carboxylic acids is 2. The van der Waals surface area contributed by atoms with Crippen LogP contribution in [0.2, 0.25) is 0 Å². The Bertz CT molecular complexity index is 2030. The number of azide groups is 1. The number of nitrogens with zero attached hydrogens (tertiary/aromatic N) is 4. The number of alkyl halides is 1. The van der Waals surface area contributed by atoms with Crippen LogP contribution in [0.1, 0.15) is 40.3 Å². The van der Waals surface area contributed by atoms with Crippen LogP contribution in [0.15, 0.2) is 39.1 Å². The number of hydrogen-bond acceptors (Lipinski definition) is 15. The third-order valence-corrected chi connectivity index (χ3v) is 7.91. The Hall–Kier alpha value is -5.98. The standard InChI is InChI=1S/C30H28FN5O14/c1-4-7-44-27(39)13-8-15(42-2)21-23(47-11-45-21)18(13)19-14(9-16(43-3)22-24(19)48-12-46-22)28(40)49-25-20(31)26(50-30(25,10-37)34-35-32)36-6-5-17(38)33-29(36)41/h5-6,8-9,20,25-26,37H,4,7,10-12H2,1-3H3,(H,33,38,41)/t20-,25-,26+,30+/m0/s1. The van der Waals surface area contributed by atoms with E-state index in [1.807, 2.05) is 4.98 Å². The van der Waals surface area contributed by atoms with Crippen molar-refractivity contribution >= 4 is 11.9 Å². The van der Waals surface area contributed by atoms with Crippen molar-refractivity contribution < 1.29 is 61.7 Å². The summed E-state index contributed by atoms with van der Waals surface area (Å²) in [6.45, 7) is -0.0410. The highest BCUT2D eigenvalue weighted by molar-refractivity contribution is 6.08. The van der Waals surface area contributed by atoms with Crippen molar-refractivity contribution in [2.75, 3.05) is 41.0 Å². The molecular weight excluding hydrogens is 673 g/mol. The van der Waals surface area contributed by atoms with E-state index in [4.69, 9.17) is 42.6 Å². The highest BCUT2D eigenvalue weighted by Gasteiger charge is 2.59. The van der Waals surface area contributed by atoms with Gasteiger partial charge in [0.05, 0.1) is 38.6 Å². The van der Waals surface area contributed by atoms with Crippen molar-refractivity contribution in [3.05, 3.63) is 66.8 Å². The van der Waals surface area contributed by atoms with Crippen LogP contribution in [0.5, 0.6) is 34.5 Å². The SMILES string of the molecule is CCCOC(=O)c1cc(OC)c2c(c1-c1c(C(=O)O[C@H]3[C@H](F)[C@H](n4ccc(=O)[nH]c4=O)O[C@@]3(CO)N=[N+]=[N-])cc(OC)c3c1OCO3)OCO2. The predicted octanol–water partition coefficient (Wildman–Crippen LogP) is 2.34. The van der Waals surface area contributed by atoms with E-state index in [2.05, 4.69) is 10.0 Å². The fourth-order valence-corrected chi connectivity index (χ4v) is 5.70. The van der Waals surface area contributed by atoms with Crippen LogP contribution in [0.4, 0.5) is 4.39 Å². The monoisotopic (exact) mass is 701 g/mol. The van der Waals surface area contributed by atoms with E-state index in [-0.39, 0.29) is 71.4 Å². The lowest BCUT2D eigenvalue weighted by molar-refractivity contribution is -0.126. The molecule has 0 radical (unpaired) electrons. The van der Waals surface area contributed by atoms with Gasteiger partial charge in [-0.25, -0.2) is 18.8 Å². The second kappa shape index (κ2) is 13.5. The minimum absolute atomic E-state index is 0.0271. The van der Waals surface area contributed by atoms with Gasteiger partial charge in [-0.05, 0) is 24.1 Å². The van der Waals surface area contributed by atoms with Crippen molar-refractivity contribution in [3.63, 3.8) is 0 Å². The maximum absolute atomic E-state index is 16.3. The van der Waals surface area contributed by atoms with Crippen molar-refractivity contribution in [2.24, 2.45) is 5.11 Å². The highest BCUT2D eigenvalue weighted by Crippen LogP contribution is 2.57. The van der Waals surface area contributed by atoms with Gasteiger partial charge in [0, 0.05) is 28.3 Å². The molecule has 6 rings (SSSR count). The molecule has 1 saturated heterocycles. The second-order valence-corrected chi connectivity index (χ2v) is 10.8. The van der Waals surface area contributed by atoms with Gasteiger partial charge in [0.2, 0.25) is 30.8 Å². The zero-order valence-electron chi connectivity index (χ0n) is 26.5. The molecule has 1 aromatic heterocycles. The van der Waals surface area contributed by atoms with Gasteiger partial charge in [-0.3, -0.25) is 14.3 Å². The van der Waals surface area contributed by atoms with Crippen LogP contribution >= 0.6 is 0 Å². The molecule has 264 valence electrons. The quantitative estimate of drug-likeness (QED) is 0.126. The molecule has 0 unspecified atom stereocenters. The summed E-state index contributed by atoms with van der Waals surface area (Å²) in [6, 6.07) is 3.38. The van der Waals surface area contributed by atoms with E-state index in [0.29, 0.717) is 11.0 Å². The largest absolute Gasteiger partial charge is 0.493 e. The summed E-state index contributed by atoms with van der Waals surface area (Å²) < 4.78 is 67.2. The Kier molecular flexibility index (Phi) is 9.15. The number of aromatic amines is 1. The number of aliphatic hydroxyl groups is 1. The molecule has 50 heavy (non-hydrogen) atoms. The molecule has 3 aromatic rings. The van der Waals surface area contributed by atoms with E-state index in [1.165, 1.54) is 26.4 Å². The van der Waals surface area contributed by atoms with Crippen molar-refractivity contribution in [3.8, 4) is 45.6 Å². The number of ether oxygens (including phenoxy) is 9. The molecule has 0 amide bonds. The Morgan fingerprint density at radius 1 is 1.04 bits per heavy atom. The molecular formula is C30H28FN5O14. The summed E-state index contributed by atoms with van der Waals surface area (Å²) in [5, 5.41) is 13.7. The number of nitrogens with one attached hydrogen (secondary N) is 1. The number of methoxy groups -OCH3 is 2. The zero-order valence-corrected chi connectivity index (χ0v) is 26.5. The van der Waals surface area contributed by atoms with Gasteiger partial charge in [-0.15, -0.1) is 0 Å². The average molecular weight is 702 g/mol. The predicted molar refractivity (Wildman–Crippen MR) is 162 cm³/mol. The number of H-pyrrole nitrogens is 1. The van der Waals surface area contributed by atoms with Crippen LogP contribution in [0.25, 0.3) is 21.6 Å². The molecule has 0 aliphatic carbocycles. The summed E-state index contributed by atoms with van der Waals surface area (Å²) in [5.41, 5.74) is 4.03. The average Bonchev–Trinajstić information content (AvgIpc) is 3.86. The molecule has 0 bridgehead atoms. The topological polar surface area (TPSA) is 241 Å². The molecule has 0 saturated carbocycles. The van der Waals surface area contributed by atoms with E-state index in [9.17, 15) is 29.8 Å². The van der Waals surface area contributed by atoms with Gasteiger partial charge in [0.25, 0.3) is 5.56 Å². The Morgan fingerprint density at radius 3 is 2.14 bits per heavy atom. The molecule has 2 aromatic carbocycles. The number of aromatic nitrogens is 2. The van der Waals surface area contributed by atoms with Gasteiger partial charge >= 0.3 is 17.6 Å². The van der Waals surface area contributed by atoms with Crippen LogP contribution in [0.3, 0.4) is 0 Å². The van der Waals surface area contributed by atoms with E-state index in [1.54, 1.807) is 6.92 Å². The van der Waals surface area contributed by atoms with Crippen LogP contribution in [0, 0.1) is 0 Å². The molecule has 3 aliphatic rings. The molecule has 4 heterocycles.